The number of thiophene rings is 1. The Kier molecular flexibility index (Phi) is 12.8. The Hall–Kier alpha value is -3.57. The van der Waals surface area contributed by atoms with Gasteiger partial charge in [0, 0.05) is 70.1 Å². The number of ketones is 1. The van der Waals surface area contributed by atoms with E-state index < -0.39 is 0 Å². The van der Waals surface area contributed by atoms with Crippen LogP contribution in [0.5, 0.6) is 0 Å². The number of carbonyl (C=O) groups is 1. The van der Waals surface area contributed by atoms with E-state index in [0.717, 1.165) is 70.2 Å². The number of hydrogen-bond donors (Lipinski definition) is 1. The van der Waals surface area contributed by atoms with Crippen molar-refractivity contribution in [2.75, 3.05) is 0 Å². The number of carbonyl (C=O) groups excluding carboxylic acids is 1. The van der Waals surface area contributed by atoms with Gasteiger partial charge in [-0.2, -0.15) is 0 Å². The summed E-state index contributed by atoms with van der Waals surface area (Å²) in [4.78, 5) is 17.0. The summed E-state index contributed by atoms with van der Waals surface area (Å²) in [6.45, 7) is 23.2. The van der Waals surface area contributed by atoms with Gasteiger partial charge in [0.1, 0.15) is 17.1 Å². The first-order valence-corrected chi connectivity index (χ1v) is 19.3. The number of fused-ring (bicyclic) bond motifs is 3. The molecule has 1 radical (unpaired) electrons. The van der Waals surface area contributed by atoms with Crippen LogP contribution in [-0.4, -0.2) is 15.9 Å². The van der Waals surface area contributed by atoms with E-state index in [4.69, 9.17) is 9.40 Å². The second-order valence-corrected chi connectivity index (χ2v) is 16.5. The smallest absolute Gasteiger partial charge is 0.164 e. The number of benzene rings is 3. The minimum atomic E-state index is -0.337. The fraction of sp³-hybridized carbons (Fsp3) is 0.391. The van der Waals surface area contributed by atoms with Gasteiger partial charge >= 0.3 is 0 Å². The van der Waals surface area contributed by atoms with Gasteiger partial charge in [0.25, 0.3) is 0 Å². The molecule has 0 aliphatic carbocycles. The fourth-order valence-electron chi connectivity index (χ4n) is 6.57. The van der Waals surface area contributed by atoms with Gasteiger partial charge < -0.3 is 9.52 Å². The van der Waals surface area contributed by atoms with Gasteiger partial charge in [-0.15, -0.1) is 40.5 Å². The summed E-state index contributed by atoms with van der Waals surface area (Å²) in [5.74, 6) is 1.20. The molecule has 6 heteroatoms. The zero-order chi connectivity index (χ0) is 37.3. The maximum Gasteiger partial charge on any atom is 0.164 e. The molecule has 0 amide bonds. The number of hydrogen-bond acceptors (Lipinski definition) is 5. The Balaban J connectivity index is 0.000000289. The Labute approximate surface area is 328 Å². The van der Waals surface area contributed by atoms with Gasteiger partial charge in [0.2, 0.25) is 0 Å². The molecule has 0 saturated heterocycles. The second-order valence-electron chi connectivity index (χ2n) is 15.5. The van der Waals surface area contributed by atoms with Crippen LogP contribution in [0, 0.1) is 30.7 Å². The molecule has 3 heterocycles. The number of rotatable bonds is 9. The van der Waals surface area contributed by atoms with Crippen molar-refractivity contribution in [3.05, 3.63) is 101 Å². The molecule has 0 saturated carbocycles. The summed E-state index contributed by atoms with van der Waals surface area (Å²) < 4.78 is 7.90. The van der Waals surface area contributed by atoms with Gasteiger partial charge in [-0.05, 0) is 85.5 Å². The Morgan fingerprint density at radius 2 is 1.52 bits per heavy atom. The molecule has 277 valence electrons. The van der Waals surface area contributed by atoms with Crippen LogP contribution in [0.1, 0.15) is 105 Å². The van der Waals surface area contributed by atoms with Crippen LogP contribution in [0.4, 0.5) is 0 Å². The first kappa shape index (κ1) is 41.2. The van der Waals surface area contributed by atoms with E-state index in [9.17, 15) is 9.90 Å². The van der Waals surface area contributed by atoms with Crippen LogP contribution in [-0.2, 0) is 30.3 Å². The third-order valence-corrected chi connectivity index (χ3v) is 12.4. The normalized spacial score (nSPS) is 12.6. The molecule has 0 aliphatic rings. The summed E-state index contributed by atoms with van der Waals surface area (Å²) in [6.07, 6.45) is 6.64. The van der Waals surface area contributed by atoms with E-state index in [0.29, 0.717) is 0 Å². The first-order chi connectivity index (χ1) is 24.1. The molecule has 3 aromatic heterocycles. The average Bonchev–Trinajstić information content (AvgIpc) is 3.68. The van der Waals surface area contributed by atoms with Crippen molar-refractivity contribution in [2.24, 2.45) is 10.8 Å². The Morgan fingerprint density at radius 3 is 2.15 bits per heavy atom. The second kappa shape index (κ2) is 16.2. The number of aryl methyl sites for hydroxylation is 2. The van der Waals surface area contributed by atoms with E-state index >= 15 is 0 Å². The van der Waals surface area contributed by atoms with Gasteiger partial charge in [0.05, 0.1) is 0 Å². The summed E-state index contributed by atoms with van der Waals surface area (Å²) in [7, 11) is 0. The van der Waals surface area contributed by atoms with Gasteiger partial charge in [-0.25, -0.2) is 0 Å². The number of aliphatic hydroxyl groups excluding tert-OH is 1. The fourth-order valence-corrected chi connectivity index (χ4v) is 7.50. The molecule has 0 atom stereocenters. The predicted molar refractivity (Wildman–Crippen MR) is 218 cm³/mol. The van der Waals surface area contributed by atoms with Crippen molar-refractivity contribution in [2.45, 2.75) is 107 Å². The van der Waals surface area contributed by atoms with Crippen LogP contribution in [0.3, 0.4) is 0 Å². The zero-order valence-electron chi connectivity index (χ0n) is 32.7. The van der Waals surface area contributed by atoms with Gasteiger partial charge in [-0.1, -0.05) is 91.5 Å². The molecule has 0 spiro atoms. The zero-order valence-corrected chi connectivity index (χ0v) is 35.9. The summed E-state index contributed by atoms with van der Waals surface area (Å²) in [5.41, 5.74) is 6.87. The molecule has 1 N–H and O–H groups in total. The molecular weight excluding hydrogens is 839 g/mol. The Morgan fingerprint density at radius 1 is 0.865 bits per heavy atom. The van der Waals surface area contributed by atoms with Crippen molar-refractivity contribution in [3.8, 4) is 22.6 Å². The van der Waals surface area contributed by atoms with Crippen LogP contribution < -0.4 is 0 Å². The maximum absolute atomic E-state index is 12.2. The van der Waals surface area contributed by atoms with E-state index in [1.807, 2.05) is 47.7 Å². The monoisotopic (exact) mass is 893 g/mol. The quantitative estimate of drug-likeness (QED) is 0.0892. The largest absolute Gasteiger partial charge is 0.512 e. The average molecular weight is 893 g/mol. The number of furan rings is 1. The third kappa shape index (κ3) is 8.00. The number of aliphatic hydroxyl groups is 1. The SMILES string of the molecule is CCC(C)(CC)C(=O)/C=C(\O)C(C)(CC)CC.Cc1csc2ccc(-c3oc4c(-c5[c-]c6ccccc6c(C(C)(C)C)c5)nccc4c3C)cc12.[Ir]. The topological polar surface area (TPSA) is 63.3 Å². The number of aromatic nitrogens is 1. The maximum atomic E-state index is 12.2. The van der Waals surface area contributed by atoms with Gasteiger partial charge in [-0.3, -0.25) is 9.78 Å². The van der Waals surface area contributed by atoms with E-state index in [-0.39, 0.29) is 47.9 Å². The van der Waals surface area contributed by atoms with E-state index in [1.54, 1.807) is 11.3 Å². The predicted octanol–water partition coefficient (Wildman–Crippen LogP) is 13.9. The molecular formula is C46H54IrNO3S-. The van der Waals surface area contributed by atoms with Crippen molar-refractivity contribution >= 4 is 48.9 Å². The van der Waals surface area contributed by atoms with Crippen molar-refractivity contribution in [3.63, 3.8) is 0 Å². The van der Waals surface area contributed by atoms with Crippen molar-refractivity contribution in [1.29, 1.82) is 0 Å². The third-order valence-electron chi connectivity index (χ3n) is 11.3. The number of nitrogens with zero attached hydrogens (tertiary/aromatic N) is 1. The minimum Gasteiger partial charge on any atom is -0.512 e. The molecule has 52 heavy (non-hydrogen) atoms. The first-order valence-electron chi connectivity index (χ1n) is 18.4. The standard InChI is InChI=1S/C31H26NOS.C15H28O2.Ir/c1-18-17-34-27-11-10-21(15-25(18)27)29-19(2)23-12-13-32-28(30(23)33-29)22-14-20-8-6-7-9-24(20)26(16-22)31(3,4)5;1-7-14(5,8-2)12(16)11-13(17)15(6,9-3)10-4;/h6-13,15-17H,1-5H3;11,16H,7-10H2,1-6H3;/q-1;;/b;12-11-;. The molecule has 4 nitrogen and oxygen atoms in total. The van der Waals surface area contributed by atoms with Crippen LogP contribution >= 0.6 is 11.3 Å². The van der Waals surface area contributed by atoms with E-state index in [2.05, 4.69) is 101 Å². The number of allylic oxidation sites excluding steroid dienone is 2. The number of pyridine rings is 1. The molecule has 0 unspecified atom stereocenters. The summed E-state index contributed by atoms with van der Waals surface area (Å²) in [5, 5.41) is 17.1. The molecule has 6 rings (SSSR count). The Bertz CT molecular complexity index is 2220. The van der Waals surface area contributed by atoms with E-state index in [1.165, 1.54) is 32.7 Å². The minimum absolute atomic E-state index is 0. The molecule has 0 aliphatic heterocycles. The summed E-state index contributed by atoms with van der Waals surface area (Å²) >= 11 is 1.79. The van der Waals surface area contributed by atoms with Gasteiger partial charge in [0.15, 0.2) is 5.78 Å². The van der Waals surface area contributed by atoms with Crippen LogP contribution in [0.15, 0.2) is 82.4 Å². The van der Waals surface area contributed by atoms with Crippen LogP contribution in [0.25, 0.3) is 54.4 Å². The summed E-state index contributed by atoms with van der Waals surface area (Å²) in [6, 6.07) is 23.0. The van der Waals surface area contributed by atoms with Crippen LogP contribution in [0.2, 0.25) is 0 Å². The molecule has 0 fully saturated rings. The van der Waals surface area contributed by atoms with Crippen molar-refractivity contribution < 1.29 is 34.4 Å². The molecule has 6 aromatic rings. The van der Waals surface area contributed by atoms with Crippen molar-refractivity contribution in [1.82, 2.24) is 4.98 Å². The molecule has 0 bridgehead atoms. The molecule has 3 aromatic carbocycles.